The van der Waals surface area contributed by atoms with Crippen molar-refractivity contribution in [2.75, 3.05) is 18.4 Å². The second-order valence-electron chi connectivity index (χ2n) is 7.26. The number of carbonyl (C=O) groups is 2. The van der Waals surface area contributed by atoms with Gasteiger partial charge in [-0.05, 0) is 48.6 Å². The molecule has 0 saturated carbocycles. The third kappa shape index (κ3) is 4.78. The molecule has 4 rings (SSSR count). The van der Waals surface area contributed by atoms with Gasteiger partial charge in [-0.15, -0.1) is 22.7 Å². The Morgan fingerprint density at radius 2 is 1.81 bits per heavy atom. The van der Waals surface area contributed by atoms with Gasteiger partial charge in [0.15, 0.2) is 0 Å². The van der Waals surface area contributed by atoms with E-state index in [1.807, 2.05) is 17.5 Å². The lowest BCUT2D eigenvalue weighted by Gasteiger charge is -2.31. The van der Waals surface area contributed by atoms with Crippen molar-refractivity contribution in [1.82, 2.24) is 9.88 Å². The number of amides is 2. The highest BCUT2D eigenvalue weighted by Gasteiger charge is 2.30. The number of alkyl halides is 3. The van der Waals surface area contributed by atoms with E-state index in [1.165, 1.54) is 23.5 Å². The molecule has 3 aromatic rings. The Morgan fingerprint density at radius 1 is 1.12 bits per heavy atom. The number of hydrogen-bond donors (Lipinski definition) is 1. The second-order valence-corrected chi connectivity index (χ2v) is 9.24. The summed E-state index contributed by atoms with van der Waals surface area (Å²) in [7, 11) is 0. The number of hydrogen-bond acceptors (Lipinski definition) is 6. The number of urea groups is 1. The Kier molecular flexibility index (Phi) is 6.20. The standard InChI is InChI=1S/C21H18F3N3O3S2/c22-21(23,24)13-3-5-14(6-4-13)25-20(30)27-9-7-12(8-10-27)18-26-16(15-2-1-11-31-15)17(32-18)19(28)29/h1-6,11-12H,7-10H2,(H,25,30)(H,28,29)/p-1. The van der Waals surface area contributed by atoms with Crippen molar-refractivity contribution >= 4 is 40.4 Å². The summed E-state index contributed by atoms with van der Waals surface area (Å²) in [6.45, 7) is 0.845. The number of carboxylic acids is 1. The summed E-state index contributed by atoms with van der Waals surface area (Å²) in [5.74, 6) is -1.24. The largest absolute Gasteiger partial charge is 0.544 e. The first kappa shape index (κ1) is 22.3. The van der Waals surface area contributed by atoms with Gasteiger partial charge in [0.1, 0.15) is 5.69 Å². The highest BCUT2D eigenvalue weighted by atomic mass is 32.1. The average Bonchev–Trinajstić information content (AvgIpc) is 3.43. The van der Waals surface area contributed by atoms with Gasteiger partial charge in [0, 0.05) is 24.7 Å². The molecular weight excluding hydrogens is 463 g/mol. The summed E-state index contributed by atoms with van der Waals surface area (Å²) in [6.07, 6.45) is -3.23. The minimum atomic E-state index is -4.43. The summed E-state index contributed by atoms with van der Waals surface area (Å²) in [5, 5.41) is 16.7. The van der Waals surface area contributed by atoms with Crippen molar-refractivity contribution in [2.45, 2.75) is 24.9 Å². The maximum atomic E-state index is 12.7. The molecule has 0 aliphatic carbocycles. The van der Waals surface area contributed by atoms with Crippen molar-refractivity contribution in [2.24, 2.45) is 0 Å². The van der Waals surface area contributed by atoms with E-state index in [0.29, 0.717) is 36.6 Å². The van der Waals surface area contributed by atoms with Crippen LogP contribution in [0.3, 0.4) is 0 Å². The molecule has 2 amide bonds. The number of aromatic nitrogens is 1. The van der Waals surface area contributed by atoms with Crippen molar-refractivity contribution in [3.8, 4) is 10.6 Å². The third-order valence-corrected chi connectivity index (χ3v) is 7.25. The van der Waals surface area contributed by atoms with Crippen LogP contribution in [-0.2, 0) is 6.18 Å². The van der Waals surface area contributed by atoms with Crippen LogP contribution in [0.5, 0.6) is 0 Å². The molecule has 0 spiro atoms. The number of thiazole rings is 1. The molecule has 1 aliphatic rings. The summed E-state index contributed by atoms with van der Waals surface area (Å²) < 4.78 is 38.0. The minimum absolute atomic E-state index is 0.0157. The number of nitrogens with zero attached hydrogens (tertiary/aromatic N) is 2. The summed E-state index contributed by atoms with van der Waals surface area (Å²) in [6, 6.07) is 7.52. The minimum Gasteiger partial charge on any atom is -0.544 e. The molecule has 11 heteroatoms. The van der Waals surface area contributed by atoms with Gasteiger partial charge in [0.05, 0.1) is 26.3 Å². The van der Waals surface area contributed by atoms with Gasteiger partial charge in [-0.1, -0.05) is 6.07 Å². The molecule has 2 aromatic heterocycles. The fourth-order valence-corrected chi connectivity index (χ4v) is 5.37. The Hall–Kier alpha value is -2.92. The number of likely N-dealkylation sites (tertiary alicyclic amines) is 1. The number of aromatic carboxylic acids is 1. The Balaban J connectivity index is 1.38. The topological polar surface area (TPSA) is 85.4 Å². The van der Waals surface area contributed by atoms with Gasteiger partial charge < -0.3 is 20.1 Å². The van der Waals surface area contributed by atoms with E-state index in [-0.39, 0.29) is 16.5 Å². The number of rotatable bonds is 4. The SMILES string of the molecule is O=C([O-])c1sc(C2CCN(C(=O)Nc3ccc(C(F)(F)F)cc3)CC2)nc1-c1cccs1. The molecule has 0 unspecified atom stereocenters. The zero-order valence-corrected chi connectivity index (χ0v) is 18.1. The molecule has 0 radical (unpaired) electrons. The van der Waals surface area contributed by atoms with E-state index in [4.69, 9.17) is 0 Å². The zero-order chi connectivity index (χ0) is 22.9. The van der Waals surface area contributed by atoms with E-state index in [1.54, 1.807) is 4.90 Å². The highest BCUT2D eigenvalue weighted by molar-refractivity contribution is 7.16. The molecule has 1 saturated heterocycles. The van der Waals surface area contributed by atoms with Crippen LogP contribution in [0.1, 0.15) is 39.0 Å². The molecule has 32 heavy (non-hydrogen) atoms. The molecular formula is C21H17F3N3O3S2-. The predicted octanol–water partition coefficient (Wildman–Crippen LogP) is 4.67. The van der Waals surface area contributed by atoms with Crippen LogP contribution >= 0.6 is 22.7 Å². The number of piperidine rings is 1. The molecule has 1 aromatic carbocycles. The lowest BCUT2D eigenvalue weighted by molar-refractivity contribution is -0.254. The molecule has 168 valence electrons. The molecule has 1 N–H and O–H groups in total. The number of carboxylic acid groups (broad SMARTS) is 1. The van der Waals surface area contributed by atoms with E-state index in [2.05, 4.69) is 10.3 Å². The fourth-order valence-electron chi connectivity index (χ4n) is 3.50. The first-order valence-electron chi connectivity index (χ1n) is 9.71. The molecule has 6 nitrogen and oxygen atoms in total. The number of nitrogens with one attached hydrogen (secondary N) is 1. The summed E-state index contributed by atoms with van der Waals surface area (Å²) in [5.41, 5.74) is -0.0793. The quantitative estimate of drug-likeness (QED) is 0.588. The Morgan fingerprint density at radius 3 is 2.38 bits per heavy atom. The van der Waals surface area contributed by atoms with Gasteiger partial charge >= 0.3 is 12.2 Å². The smallest absolute Gasteiger partial charge is 0.416 e. The Bertz CT molecular complexity index is 1100. The zero-order valence-electron chi connectivity index (χ0n) is 16.5. The maximum absolute atomic E-state index is 12.7. The van der Waals surface area contributed by atoms with Crippen LogP contribution in [0.4, 0.5) is 23.7 Å². The molecule has 3 heterocycles. The van der Waals surface area contributed by atoms with Crippen LogP contribution in [0, 0.1) is 0 Å². The number of anilines is 1. The van der Waals surface area contributed by atoms with Crippen molar-refractivity contribution in [1.29, 1.82) is 0 Å². The van der Waals surface area contributed by atoms with Crippen LogP contribution in [0.15, 0.2) is 41.8 Å². The Labute approximate surface area is 189 Å². The van der Waals surface area contributed by atoms with Crippen LogP contribution in [-0.4, -0.2) is 35.0 Å². The molecule has 0 atom stereocenters. The lowest BCUT2D eigenvalue weighted by atomic mass is 9.98. The van der Waals surface area contributed by atoms with Crippen LogP contribution in [0.25, 0.3) is 10.6 Å². The van der Waals surface area contributed by atoms with E-state index < -0.39 is 23.7 Å². The maximum Gasteiger partial charge on any atom is 0.416 e. The van der Waals surface area contributed by atoms with E-state index in [0.717, 1.165) is 28.3 Å². The van der Waals surface area contributed by atoms with Gasteiger partial charge in [-0.2, -0.15) is 13.2 Å². The van der Waals surface area contributed by atoms with Gasteiger partial charge in [0.25, 0.3) is 0 Å². The lowest BCUT2D eigenvalue weighted by Crippen LogP contribution is -2.40. The number of carbonyl (C=O) groups excluding carboxylic acids is 2. The normalized spacial score (nSPS) is 15.0. The third-order valence-electron chi connectivity index (χ3n) is 5.18. The summed E-state index contributed by atoms with van der Waals surface area (Å²) in [4.78, 5) is 31.0. The number of halogens is 3. The molecule has 0 bridgehead atoms. The van der Waals surface area contributed by atoms with E-state index in [9.17, 15) is 27.9 Å². The summed E-state index contributed by atoms with van der Waals surface area (Å²) >= 11 is 2.51. The van der Waals surface area contributed by atoms with Crippen molar-refractivity contribution < 1.29 is 27.9 Å². The molecule has 1 aliphatic heterocycles. The number of thiophene rings is 1. The predicted molar refractivity (Wildman–Crippen MR) is 114 cm³/mol. The van der Waals surface area contributed by atoms with Gasteiger partial charge in [-0.3, -0.25) is 0 Å². The molecule has 1 fully saturated rings. The number of benzene rings is 1. The van der Waals surface area contributed by atoms with Crippen LogP contribution in [0.2, 0.25) is 0 Å². The van der Waals surface area contributed by atoms with Gasteiger partial charge in [0.2, 0.25) is 0 Å². The van der Waals surface area contributed by atoms with Crippen molar-refractivity contribution in [3.63, 3.8) is 0 Å². The first-order chi connectivity index (χ1) is 15.2. The van der Waals surface area contributed by atoms with Crippen molar-refractivity contribution in [3.05, 3.63) is 57.2 Å². The van der Waals surface area contributed by atoms with Crippen LogP contribution < -0.4 is 10.4 Å². The van der Waals surface area contributed by atoms with Gasteiger partial charge in [-0.25, -0.2) is 9.78 Å². The second kappa shape index (κ2) is 8.91. The highest BCUT2D eigenvalue weighted by Crippen LogP contribution is 2.37. The average molecular weight is 481 g/mol. The fraction of sp³-hybridized carbons (Fsp3) is 0.286. The first-order valence-corrected chi connectivity index (χ1v) is 11.4. The van der Waals surface area contributed by atoms with E-state index >= 15 is 0 Å². The monoisotopic (exact) mass is 480 g/mol.